The SMILES string of the molecule is O=[N+]([O-])c1ccc(S(=O)(=O)NCc2cc(Br)cs2)c(Cl)c1. The summed E-state index contributed by atoms with van der Waals surface area (Å²) >= 11 is 10.5. The van der Waals surface area contributed by atoms with Crippen molar-refractivity contribution < 1.29 is 13.3 Å². The van der Waals surface area contributed by atoms with Gasteiger partial charge in [-0.2, -0.15) is 0 Å². The van der Waals surface area contributed by atoms with Crippen molar-refractivity contribution >= 4 is 54.6 Å². The van der Waals surface area contributed by atoms with Crippen LogP contribution in [0.2, 0.25) is 5.02 Å². The van der Waals surface area contributed by atoms with E-state index in [4.69, 9.17) is 11.6 Å². The number of thiophene rings is 1. The molecule has 0 saturated carbocycles. The first-order valence-corrected chi connectivity index (χ1v) is 8.99. The summed E-state index contributed by atoms with van der Waals surface area (Å²) in [6.07, 6.45) is 0. The maximum Gasteiger partial charge on any atom is 0.271 e. The third-order valence-electron chi connectivity index (χ3n) is 2.47. The fourth-order valence-electron chi connectivity index (χ4n) is 1.51. The van der Waals surface area contributed by atoms with Crippen LogP contribution in [0.4, 0.5) is 5.69 Å². The van der Waals surface area contributed by atoms with E-state index in [1.807, 2.05) is 5.38 Å². The largest absolute Gasteiger partial charge is 0.271 e. The van der Waals surface area contributed by atoms with E-state index in [1.54, 1.807) is 6.07 Å². The van der Waals surface area contributed by atoms with Crippen LogP contribution in [0.25, 0.3) is 0 Å². The number of rotatable bonds is 5. The van der Waals surface area contributed by atoms with Gasteiger partial charge in [-0.15, -0.1) is 11.3 Å². The number of nitrogens with one attached hydrogen (secondary N) is 1. The van der Waals surface area contributed by atoms with Crippen LogP contribution in [0, 0.1) is 10.1 Å². The second-order valence-corrected chi connectivity index (χ2v) is 7.98. The van der Waals surface area contributed by atoms with Gasteiger partial charge in [-0.3, -0.25) is 10.1 Å². The Morgan fingerprint density at radius 2 is 2.10 bits per heavy atom. The molecule has 0 aliphatic heterocycles. The number of hydrogen-bond donors (Lipinski definition) is 1. The molecule has 0 radical (unpaired) electrons. The van der Waals surface area contributed by atoms with E-state index in [0.29, 0.717) is 0 Å². The van der Waals surface area contributed by atoms with Crippen molar-refractivity contribution in [2.24, 2.45) is 0 Å². The van der Waals surface area contributed by atoms with Crippen LogP contribution < -0.4 is 4.72 Å². The van der Waals surface area contributed by atoms with Crippen LogP contribution in [-0.2, 0) is 16.6 Å². The molecule has 0 aliphatic carbocycles. The van der Waals surface area contributed by atoms with Crippen LogP contribution in [-0.4, -0.2) is 13.3 Å². The van der Waals surface area contributed by atoms with E-state index >= 15 is 0 Å². The van der Waals surface area contributed by atoms with Crippen molar-refractivity contribution in [3.05, 3.63) is 54.1 Å². The number of nitrogens with zero attached hydrogens (tertiary/aromatic N) is 1. The standard InChI is InChI=1S/C11H8BrClN2O4S2/c12-7-3-9(20-6-7)5-14-21(18,19)11-2-1-8(15(16)17)4-10(11)13/h1-4,6,14H,5H2. The van der Waals surface area contributed by atoms with Gasteiger partial charge in [-0.25, -0.2) is 13.1 Å². The number of benzene rings is 1. The van der Waals surface area contributed by atoms with Crippen molar-refractivity contribution in [3.63, 3.8) is 0 Å². The van der Waals surface area contributed by atoms with Crippen molar-refractivity contribution in [2.45, 2.75) is 11.4 Å². The Kier molecular flexibility index (Phi) is 4.99. The smallest absolute Gasteiger partial charge is 0.258 e. The van der Waals surface area contributed by atoms with Gasteiger partial charge in [0.15, 0.2) is 0 Å². The van der Waals surface area contributed by atoms with Crippen LogP contribution in [0.5, 0.6) is 0 Å². The molecule has 6 nitrogen and oxygen atoms in total. The molecule has 1 N–H and O–H groups in total. The summed E-state index contributed by atoms with van der Waals surface area (Å²) in [5, 5.41) is 12.3. The molecule has 2 rings (SSSR count). The first kappa shape index (κ1) is 16.4. The second kappa shape index (κ2) is 6.41. The van der Waals surface area contributed by atoms with Crippen LogP contribution >= 0.6 is 38.9 Å². The zero-order valence-electron chi connectivity index (χ0n) is 10.2. The second-order valence-electron chi connectivity index (χ2n) is 3.93. The summed E-state index contributed by atoms with van der Waals surface area (Å²) in [6.45, 7) is 0.117. The van der Waals surface area contributed by atoms with Gasteiger partial charge in [0.1, 0.15) is 4.90 Å². The van der Waals surface area contributed by atoms with Crippen molar-refractivity contribution in [1.82, 2.24) is 4.72 Å². The van der Waals surface area contributed by atoms with E-state index in [9.17, 15) is 18.5 Å². The number of sulfonamides is 1. The molecule has 112 valence electrons. The van der Waals surface area contributed by atoms with Gasteiger partial charge in [-0.1, -0.05) is 11.6 Å². The Bertz CT molecular complexity index is 791. The summed E-state index contributed by atoms with van der Waals surface area (Å²) < 4.78 is 27.6. The zero-order chi connectivity index (χ0) is 15.6. The van der Waals surface area contributed by atoms with Gasteiger partial charge in [0.05, 0.1) is 9.95 Å². The lowest BCUT2D eigenvalue weighted by atomic mass is 10.3. The van der Waals surface area contributed by atoms with Gasteiger partial charge in [-0.05, 0) is 28.1 Å². The molecule has 1 aromatic heterocycles. The Balaban J connectivity index is 2.21. The highest BCUT2D eigenvalue weighted by atomic mass is 79.9. The normalized spacial score (nSPS) is 11.5. The first-order chi connectivity index (χ1) is 9.79. The lowest BCUT2D eigenvalue weighted by Gasteiger charge is -2.07. The topological polar surface area (TPSA) is 89.3 Å². The summed E-state index contributed by atoms with van der Waals surface area (Å²) in [4.78, 5) is 10.6. The lowest BCUT2D eigenvalue weighted by Crippen LogP contribution is -2.23. The van der Waals surface area contributed by atoms with E-state index in [2.05, 4.69) is 20.7 Å². The average molecular weight is 412 g/mol. The van der Waals surface area contributed by atoms with E-state index in [1.165, 1.54) is 11.3 Å². The minimum absolute atomic E-state index is 0.117. The van der Waals surface area contributed by atoms with Gasteiger partial charge >= 0.3 is 0 Å². The number of non-ortho nitro benzene ring substituents is 1. The third-order valence-corrected chi connectivity index (χ3v) is 6.06. The Morgan fingerprint density at radius 3 is 2.62 bits per heavy atom. The molecule has 0 fully saturated rings. The molecule has 0 bridgehead atoms. The molecule has 1 aromatic carbocycles. The van der Waals surface area contributed by atoms with Crippen LogP contribution in [0.1, 0.15) is 4.88 Å². The Labute approximate surface area is 138 Å². The summed E-state index contributed by atoms with van der Waals surface area (Å²) in [7, 11) is -3.84. The summed E-state index contributed by atoms with van der Waals surface area (Å²) in [5.74, 6) is 0. The predicted octanol–water partition coefficient (Wildman–Crippen LogP) is 3.55. The maximum atomic E-state index is 12.1. The fraction of sp³-hybridized carbons (Fsp3) is 0.0909. The first-order valence-electron chi connectivity index (χ1n) is 5.46. The molecule has 21 heavy (non-hydrogen) atoms. The van der Waals surface area contributed by atoms with Gasteiger partial charge in [0, 0.05) is 33.4 Å². The minimum atomic E-state index is -3.84. The van der Waals surface area contributed by atoms with E-state index < -0.39 is 14.9 Å². The number of nitro groups is 1. The fourth-order valence-corrected chi connectivity index (χ4v) is 4.54. The van der Waals surface area contributed by atoms with Crippen molar-refractivity contribution in [3.8, 4) is 0 Å². The monoisotopic (exact) mass is 410 g/mol. The molecule has 0 atom stereocenters. The summed E-state index contributed by atoms with van der Waals surface area (Å²) in [5.41, 5.74) is -0.263. The van der Waals surface area contributed by atoms with Gasteiger partial charge in [0.25, 0.3) is 5.69 Å². The Morgan fingerprint density at radius 1 is 1.38 bits per heavy atom. The highest BCUT2D eigenvalue weighted by Gasteiger charge is 2.20. The van der Waals surface area contributed by atoms with Gasteiger partial charge < -0.3 is 0 Å². The summed E-state index contributed by atoms with van der Waals surface area (Å²) in [6, 6.07) is 5.03. The molecule has 0 saturated heterocycles. The number of halogens is 2. The van der Waals surface area contributed by atoms with Crippen LogP contribution in [0.15, 0.2) is 39.0 Å². The molecule has 0 aliphatic rings. The lowest BCUT2D eigenvalue weighted by molar-refractivity contribution is -0.384. The molecule has 10 heteroatoms. The minimum Gasteiger partial charge on any atom is -0.258 e. The molecule has 0 amide bonds. The maximum absolute atomic E-state index is 12.1. The number of nitro benzene ring substituents is 1. The third kappa shape index (κ3) is 4.01. The molecular formula is C11H8BrClN2O4S2. The highest BCUT2D eigenvalue weighted by molar-refractivity contribution is 9.10. The average Bonchev–Trinajstić information content (AvgIpc) is 2.82. The molecule has 0 spiro atoms. The zero-order valence-corrected chi connectivity index (χ0v) is 14.2. The Hall–Kier alpha value is -1.00. The molecule has 2 aromatic rings. The molecular weight excluding hydrogens is 404 g/mol. The van der Waals surface area contributed by atoms with E-state index in [0.717, 1.165) is 27.5 Å². The van der Waals surface area contributed by atoms with Crippen molar-refractivity contribution in [1.29, 1.82) is 0 Å². The van der Waals surface area contributed by atoms with Crippen molar-refractivity contribution in [2.75, 3.05) is 0 Å². The van der Waals surface area contributed by atoms with E-state index in [-0.39, 0.29) is 22.2 Å². The van der Waals surface area contributed by atoms with Gasteiger partial charge in [0.2, 0.25) is 10.0 Å². The van der Waals surface area contributed by atoms with Crippen LogP contribution in [0.3, 0.4) is 0 Å². The quantitative estimate of drug-likeness (QED) is 0.602. The highest BCUT2D eigenvalue weighted by Crippen LogP contribution is 2.26. The molecule has 0 unspecified atom stereocenters. The molecule has 1 heterocycles. The predicted molar refractivity (Wildman–Crippen MR) is 84.2 cm³/mol. The number of hydrogen-bond acceptors (Lipinski definition) is 5.